The van der Waals surface area contributed by atoms with E-state index in [2.05, 4.69) is 29.8 Å². The molecule has 0 N–H and O–H groups in total. The Hall–Kier alpha value is -3.04. The molecule has 6 heteroatoms. The van der Waals surface area contributed by atoms with Crippen LogP contribution in [-0.4, -0.2) is 35.1 Å². The Morgan fingerprint density at radius 3 is 2.81 bits per heavy atom. The number of hydrogen-bond donors (Lipinski definition) is 0. The van der Waals surface area contributed by atoms with Crippen LogP contribution >= 0.6 is 11.3 Å². The van der Waals surface area contributed by atoms with Crippen molar-refractivity contribution in [3.05, 3.63) is 57.1 Å². The highest BCUT2D eigenvalue weighted by molar-refractivity contribution is 7.21. The minimum absolute atomic E-state index is 0.684. The average molecular weight is 371 g/mol. The molecule has 0 unspecified atom stereocenters. The van der Waals surface area contributed by atoms with Crippen LogP contribution in [-0.2, 0) is 6.42 Å². The molecule has 132 valence electrons. The summed E-state index contributed by atoms with van der Waals surface area (Å²) in [7, 11) is 0. The zero-order chi connectivity index (χ0) is 18.5. The molecule has 0 saturated heterocycles. The van der Waals surface area contributed by atoms with Gasteiger partial charge in [-0.15, -0.1) is 11.3 Å². The van der Waals surface area contributed by atoms with Crippen LogP contribution in [0.3, 0.4) is 0 Å². The highest BCUT2D eigenvalue weighted by Gasteiger charge is 2.29. The van der Waals surface area contributed by atoms with Crippen LogP contribution < -0.4 is 0 Å². The third-order valence-electron chi connectivity index (χ3n) is 5.27. The van der Waals surface area contributed by atoms with Gasteiger partial charge in [-0.05, 0) is 49.1 Å². The molecular formula is C21H17N5S. The molecule has 0 bridgehead atoms. The van der Waals surface area contributed by atoms with Crippen molar-refractivity contribution in [2.75, 3.05) is 13.1 Å². The number of nitrogens with zero attached hydrogens (tertiary/aromatic N) is 5. The van der Waals surface area contributed by atoms with Gasteiger partial charge in [-0.2, -0.15) is 5.26 Å². The fraction of sp³-hybridized carbons (Fsp3) is 0.238. The summed E-state index contributed by atoms with van der Waals surface area (Å²) in [5.41, 5.74) is 6.40. The quantitative estimate of drug-likeness (QED) is 0.681. The summed E-state index contributed by atoms with van der Waals surface area (Å²) >= 11 is 1.69. The van der Waals surface area contributed by atoms with E-state index in [1.165, 1.54) is 16.7 Å². The van der Waals surface area contributed by atoms with Crippen molar-refractivity contribution >= 4 is 39.4 Å². The first kappa shape index (κ1) is 16.2. The molecule has 27 heavy (non-hydrogen) atoms. The molecule has 0 fully saturated rings. The Bertz CT molecular complexity index is 1180. The van der Waals surface area contributed by atoms with Crippen molar-refractivity contribution in [2.24, 2.45) is 9.98 Å². The summed E-state index contributed by atoms with van der Waals surface area (Å²) in [6.07, 6.45) is 2.70. The molecule has 2 aliphatic heterocycles. The van der Waals surface area contributed by atoms with Crippen molar-refractivity contribution in [3.8, 4) is 6.07 Å². The van der Waals surface area contributed by atoms with Crippen LogP contribution in [0.4, 0.5) is 5.69 Å². The fourth-order valence-corrected chi connectivity index (χ4v) is 5.06. The van der Waals surface area contributed by atoms with Gasteiger partial charge >= 0.3 is 0 Å². The molecule has 3 aromatic rings. The van der Waals surface area contributed by atoms with Gasteiger partial charge < -0.3 is 4.90 Å². The Kier molecular flexibility index (Phi) is 3.59. The second-order valence-electron chi connectivity index (χ2n) is 6.89. The van der Waals surface area contributed by atoms with E-state index >= 15 is 0 Å². The maximum Gasteiger partial charge on any atom is 0.148 e. The molecule has 0 radical (unpaired) electrons. The van der Waals surface area contributed by atoms with E-state index in [1.807, 2.05) is 30.6 Å². The minimum atomic E-state index is 0.684. The number of amidine groups is 1. The summed E-state index contributed by atoms with van der Waals surface area (Å²) in [6.45, 7) is 5.97. The largest absolute Gasteiger partial charge is 0.314 e. The van der Waals surface area contributed by atoms with Gasteiger partial charge in [0.25, 0.3) is 0 Å². The third-order valence-corrected chi connectivity index (χ3v) is 6.33. The molecule has 0 spiro atoms. The summed E-state index contributed by atoms with van der Waals surface area (Å²) in [4.78, 5) is 18.6. The van der Waals surface area contributed by atoms with Crippen LogP contribution in [0.25, 0.3) is 10.2 Å². The molecule has 2 aromatic heterocycles. The summed E-state index contributed by atoms with van der Waals surface area (Å²) in [5, 5.41) is 10.1. The van der Waals surface area contributed by atoms with E-state index in [4.69, 9.17) is 15.2 Å². The summed E-state index contributed by atoms with van der Waals surface area (Å²) in [5.74, 6) is 1.04. The van der Waals surface area contributed by atoms with Gasteiger partial charge in [0.1, 0.15) is 10.7 Å². The molecule has 0 atom stereocenters. The summed E-state index contributed by atoms with van der Waals surface area (Å²) in [6, 6.07) is 9.96. The lowest BCUT2D eigenvalue weighted by Crippen LogP contribution is -2.28. The number of hydrogen-bond acceptors (Lipinski definition) is 6. The van der Waals surface area contributed by atoms with Crippen molar-refractivity contribution in [1.82, 2.24) is 9.88 Å². The Morgan fingerprint density at radius 1 is 1.22 bits per heavy atom. The lowest BCUT2D eigenvalue weighted by Gasteiger charge is -2.18. The second-order valence-corrected chi connectivity index (χ2v) is 7.89. The van der Waals surface area contributed by atoms with Gasteiger partial charge in [-0.25, -0.2) is 9.98 Å². The molecule has 0 amide bonds. The molecule has 2 aliphatic rings. The molecule has 5 nitrogen and oxygen atoms in total. The maximum absolute atomic E-state index is 8.99. The van der Waals surface area contributed by atoms with E-state index in [9.17, 15) is 0 Å². The van der Waals surface area contributed by atoms with Gasteiger partial charge in [0.05, 0.1) is 35.1 Å². The molecule has 1 aromatic carbocycles. The molecule has 4 heterocycles. The third kappa shape index (κ3) is 2.47. The smallest absolute Gasteiger partial charge is 0.148 e. The number of nitriles is 1. The molecule has 0 aliphatic carbocycles. The number of benzene rings is 1. The van der Waals surface area contributed by atoms with Crippen molar-refractivity contribution in [2.45, 2.75) is 20.3 Å². The van der Waals surface area contributed by atoms with Crippen molar-refractivity contribution in [1.29, 1.82) is 5.26 Å². The highest BCUT2D eigenvalue weighted by atomic mass is 32.1. The normalized spacial score (nSPS) is 14.9. The van der Waals surface area contributed by atoms with E-state index < -0.39 is 0 Å². The number of rotatable bonds is 2. The maximum atomic E-state index is 8.99. The second kappa shape index (κ2) is 6.00. The summed E-state index contributed by atoms with van der Waals surface area (Å²) < 4.78 is 0. The van der Waals surface area contributed by atoms with Gasteiger partial charge in [-0.3, -0.25) is 4.99 Å². The van der Waals surface area contributed by atoms with E-state index in [-0.39, 0.29) is 0 Å². The van der Waals surface area contributed by atoms with Crippen LogP contribution in [0.5, 0.6) is 0 Å². The average Bonchev–Trinajstić information content (AvgIpc) is 3.29. The lowest BCUT2D eigenvalue weighted by atomic mass is 9.96. The van der Waals surface area contributed by atoms with Crippen molar-refractivity contribution < 1.29 is 0 Å². The molecule has 5 rings (SSSR count). The Balaban J connectivity index is 1.64. The highest BCUT2D eigenvalue weighted by Crippen LogP contribution is 2.43. The van der Waals surface area contributed by atoms with E-state index in [0.717, 1.165) is 51.8 Å². The molecule has 0 saturated carbocycles. The fourth-order valence-electron chi connectivity index (χ4n) is 3.81. The van der Waals surface area contributed by atoms with E-state index in [0.29, 0.717) is 5.56 Å². The monoisotopic (exact) mass is 371 g/mol. The predicted molar refractivity (Wildman–Crippen MR) is 109 cm³/mol. The predicted octanol–water partition coefficient (Wildman–Crippen LogP) is 4.11. The van der Waals surface area contributed by atoms with Gasteiger partial charge in [0, 0.05) is 17.6 Å². The Morgan fingerprint density at radius 2 is 2.04 bits per heavy atom. The number of aliphatic imine (C=N–C) groups is 2. The van der Waals surface area contributed by atoms with Crippen molar-refractivity contribution in [3.63, 3.8) is 0 Å². The van der Waals surface area contributed by atoms with Crippen LogP contribution in [0, 0.1) is 25.2 Å². The standard InChI is InChI=1S/C21H17N5S/c1-12-16(9-14-3-5-15(10-22)6-4-14)13(2)25-21-17(12)18-19(27-21)20-23-7-8-26(20)11-24-18/h3-6,11H,7-9H2,1-2H3. The first-order valence-electron chi connectivity index (χ1n) is 8.93. The first-order valence-corrected chi connectivity index (χ1v) is 9.74. The SMILES string of the molecule is Cc1nc2sc3c(c2c(C)c1Cc1ccc(C#N)cc1)N=CN1CCN=C31. The lowest BCUT2D eigenvalue weighted by molar-refractivity contribution is 0.682. The topological polar surface area (TPSA) is 64.6 Å². The van der Waals surface area contributed by atoms with E-state index in [1.54, 1.807) is 11.3 Å². The minimum Gasteiger partial charge on any atom is -0.314 e. The van der Waals surface area contributed by atoms with Crippen LogP contribution in [0.1, 0.15) is 32.8 Å². The van der Waals surface area contributed by atoms with Crippen LogP contribution in [0.15, 0.2) is 34.3 Å². The molecular weight excluding hydrogens is 354 g/mol. The Labute approximate surface area is 161 Å². The number of aromatic nitrogens is 1. The van der Waals surface area contributed by atoms with Gasteiger partial charge in [-0.1, -0.05) is 12.1 Å². The number of pyridine rings is 1. The number of aryl methyl sites for hydroxylation is 2. The zero-order valence-corrected chi connectivity index (χ0v) is 16.0. The van der Waals surface area contributed by atoms with Gasteiger partial charge in [0.2, 0.25) is 0 Å². The van der Waals surface area contributed by atoms with Crippen LogP contribution in [0.2, 0.25) is 0 Å². The number of fused-ring (bicyclic) bond motifs is 5. The zero-order valence-electron chi connectivity index (χ0n) is 15.2. The first-order chi connectivity index (χ1) is 13.2. The van der Waals surface area contributed by atoms with Gasteiger partial charge in [0.15, 0.2) is 0 Å². The number of thiophene rings is 1.